The van der Waals surface area contributed by atoms with E-state index in [4.69, 9.17) is 0 Å². The number of fused-ring (bicyclic) bond motifs is 2. The van der Waals surface area contributed by atoms with Crippen LogP contribution in [0.5, 0.6) is 0 Å². The van der Waals surface area contributed by atoms with Crippen LogP contribution in [0.4, 0.5) is 0 Å². The SMILES string of the molecule is CC(C)c1nccnc1[C@H]1CN2CC[C@H]1C2. The van der Waals surface area contributed by atoms with Gasteiger partial charge in [0.05, 0.1) is 11.4 Å². The van der Waals surface area contributed by atoms with Crippen molar-refractivity contribution in [3.8, 4) is 0 Å². The Labute approximate surface area is 96.9 Å². The largest absolute Gasteiger partial charge is 0.302 e. The molecule has 3 heteroatoms. The molecule has 2 aliphatic heterocycles. The second kappa shape index (κ2) is 3.81. The van der Waals surface area contributed by atoms with Gasteiger partial charge in [0.15, 0.2) is 0 Å². The van der Waals surface area contributed by atoms with Crippen molar-refractivity contribution < 1.29 is 0 Å². The summed E-state index contributed by atoms with van der Waals surface area (Å²) in [7, 11) is 0. The Balaban J connectivity index is 1.94. The molecule has 0 amide bonds. The maximum Gasteiger partial charge on any atom is 0.0668 e. The molecule has 3 nitrogen and oxygen atoms in total. The van der Waals surface area contributed by atoms with Crippen molar-refractivity contribution in [2.75, 3.05) is 19.6 Å². The zero-order valence-electron chi connectivity index (χ0n) is 10.1. The normalized spacial score (nSPS) is 32.6. The molecule has 2 saturated heterocycles. The molecule has 0 aromatic carbocycles. The maximum atomic E-state index is 4.61. The lowest BCUT2D eigenvalue weighted by molar-refractivity contribution is 0.342. The zero-order chi connectivity index (χ0) is 11.1. The number of hydrogen-bond acceptors (Lipinski definition) is 3. The molecule has 1 unspecified atom stereocenters. The van der Waals surface area contributed by atoms with E-state index in [1.807, 2.05) is 12.4 Å². The van der Waals surface area contributed by atoms with Crippen LogP contribution < -0.4 is 0 Å². The third kappa shape index (κ3) is 1.54. The number of hydrogen-bond donors (Lipinski definition) is 0. The van der Waals surface area contributed by atoms with Gasteiger partial charge in [0.25, 0.3) is 0 Å². The predicted molar refractivity (Wildman–Crippen MR) is 63.4 cm³/mol. The third-order valence-electron chi connectivity index (χ3n) is 3.99. The van der Waals surface area contributed by atoms with Gasteiger partial charge in [-0.15, -0.1) is 0 Å². The lowest BCUT2D eigenvalue weighted by Crippen LogP contribution is -2.24. The molecule has 2 aliphatic rings. The Morgan fingerprint density at radius 2 is 2.06 bits per heavy atom. The van der Waals surface area contributed by atoms with Gasteiger partial charge in [-0.3, -0.25) is 9.97 Å². The van der Waals surface area contributed by atoms with Crippen LogP contribution >= 0.6 is 0 Å². The van der Waals surface area contributed by atoms with Gasteiger partial charge in [-0.05, 0) is 24.8 Å². The summed E-state index contributed by atoms with van der Waals surface area (Å²) in [4.78, 5) is 11.7. The molecule has 2 bridgehead atoms. The molecule has 3 rings (SSSR count). The highest BCUT2D eigenvalue weighted by molar-refractivity contribution is 5.22. The van der Waals surface area contributed by atoms with Crippen LogP contribution in [0.2, 0.25) is 0 Å². The molecule has 0 spiro atoms. The first-order valence-electron chi connectivity index (χ1n) is 6.29. The van der Waals surface area contributed by atoms with Gasteiger partial charge in [-0.1, -0.05) is 13.8 Å². The summed E-state index contributed by atoms with van der Waals surface area (Å²) < 4.78 is 0. The Kier molecular flexibility index (Phi) is 2.43. The maximum absolute atomic E-state index is 4.61. The van der Waals surface area contributed by atoms with E-state index >= 15 is 0 Å². The van der Waals surface area contributed by atoms with Crippen molar-refractivity contribution in [2.24, 2.45) is 5.92 Å². The predicted octanol–water partition coefficient (Wildman–Crippen LogP) is 2.02. The Morgan fingerprint density at radius 1 is 1.25 bits per heavy atom. The van der Waals surface area contributed by atoms with Crippen LogP contribution in [0.15, 0.2) is 12.4 Å². The van der Waals surface area contributed by atoms with Gasteiger partial charge in [0.1, 0.15) is 0 Å². The first-order chi connectivity index (χ1) is 7.75. The molecule has 3 heterocycles. The van der Waals surface area contributed by atoms with Gasteiger partial charge in [-0.25, -0.2) is 0 Å². The minimum Gasteiger partial charge on any atom is -0.302 e. The highest BCUT2D eigenvalue weighted by atomic mass is 15.2. The highest BCUT2D eigenvalue weighted by Crippen LogP contribution is 2.40. The average molecular weight is 217 g/mol. The smallest absolute Gasteiger partial charge is 0.0668 e. The molecular weight excluding hydrogens is 198 g/mol. The summed E-state index contributed by atoms with van der Waals surface area (Å²) in [5, 5.41) is 0. The Bertz CT molecular complexity index is 389. The summed E-state index contributed by atoms with van der Waals surface area (Å²) in [6, 6.07) is 0. The van der Waals surface area contributed by atoms with Crippen LogP contribution in [-0.2, 0) is 0 Å². The van der Waals surface area contributed by atoms with Crippen LogP contribution in [0, 0.1) is 5.92 Å². The first kappa shape index (κ1) is 10.2. The second-order valence-electron chi connectivity index (χ2n) is 5.40. The average Bonchev–Trinajstić information content (AvgIpc) is 2.90. The fraction of sp³-hybridized carbons (Fsp3) is 0.692. The van der Waals surface area contributed by atoms with E-state index in [2.05, 4.69) is 28.7 Å². The first-order valence-corrected chi connectivity index (χ1v) is 6.29. The molecule has 0 N–H and O–H groups in total. The van der Waals surface area contributed by atoms with Gasteiger partial charge in [-0.2, -0.15) is 0 Å². The van der Waals surface area contributed by atoms with Crippen molar-refractivity contribution in [1.29, 1.82) is 0 Å². The van der Waals surface area contributed by atoms with Gasteiger partial charge in [0.2, 0.25) is 0 Å². The zero-order valence-corrected chi connectivity index (χ0v) is 10.1. The van der Waals surface area contributed by atoms with Crippen LogP contribution in [0.3, 0.4) is 0 Å². The quantitative estimate of drug-likeness (QED) is 0.759. The minimum absolute atomic E-state index is 0.484. The molecule has 1 aromatic rings. The van der Waals surface area contributed by atoms with Crippen LogP contribution in [0.25, 0.3) is 0 Å². The van der Waals surface area contributed by atoms with Crippen LogP contribution in [0.1, 0.15) is 43.5 Å². The van der Waals surface area contributed by atoms with E-state index in [0.717, 1.165) is 5.92 Å². The summed E-state index contributed by atoms with van der Waals surface area (Å²) in [6.07, 6.45) is 5.02. The molecule has 2 fully saturated rings. The van der Waals surface area contributed by atoms with E-state index in [1.165, 1.54) is 37.4 Å². The molecule has 16 heavy (non-hydrogen) atoms. The molecule has 0 radical (unpaired) electrons. The van der Waals surface area contributed by atoms with Gasteiger partial charge < -0.3 is 4.90 Å². The van der Waals surface area contributed by atoms with E-state index in [0.29, 0.717) is 11.8 Å². The van der Waals surface area contributed by atoms with Gasteiger partial charge in [0, 0.05) is 31.4 Å². The summed E-state index contributed by atoms with van der Waals surface area (Å²) in [6.45, 7) is 8.18. The fourth-order valence-corrected chi connectivity index (χ4v) is 3.18. The van der Waals surface area contributed by atoms with E-state index in [1.54, 1.807) is 0 Å². The Hall–Kier alpha value is -0.960. The van der Waals surface area contributed by atoms with E-state index < -0.39 is 0 Å². The fourth-order valence-electron chi connectivity index (χ4n) is 3.18. The lowest BCUT2D eigenvalue weighted by atomic mass is 9.87. The standard InChI is InChI=1S/C13H19N3/c1-9(2)12-13(15-5-4-14-12)11-8-16-6-3-10(11)7-16/h4-5,9-11H,3,6-8H2,1-2H3/t10-,11-/m0/s1. The highest BCUT2D eigenvalue weighted by Gasteiger charge is 2.40. The molecular formula is C13H19N3. The number of aromatic nitrogens is 2. The van der Waals surface area contributed by atoms with Crippen molar-refractivity contribution >= 4 is 0 Å². The summed E-state index contributed by atoms with van der Waals surface area (Å²) in [5.74, 6) is 1.95. The summed E-state index contributed by atoms with van der Waals surface area (Å²) >= 11 is 0. The number of nitrogens with zero attached hydrogens (tertiary/aromatic N) is 3. The van der Waals surface area contributed by atoms with Crippen LogP contribution in [-0.4, -0.2) is 34.5 Å². The lowest BCUT2D eigenvalue weighted by Gasteiger charge is -2.23. The van der Waals surface area contributed by atoms with Gasteiger partial charge >= 0.3 is 0 Å². The van der Waals surface area contributed by atoms with E-state index in [-0.39, 0.29) is 0 Å². The topological polar surface area (TPSA) is 29.0 Å². The molecule has 1 aromatic heterocycles. The van der Waals surface area contributed by atoms with Crippen molar-refractivity contribution in [1.82, 2.24) is 14.9 Å². The number of piperidine rings is 1. The van der Waals surface area contributed by atoms with Crippen molar-refractivity contribution in [3.05, 3.63) is 23.8 Å². The molecule has 0 saturated carbocycles. The molecule has 86 valence electrons. The van der Waals surface area contributed by atoms with Crippen molar-refractivity contribution in [3.63, 3.8) is 0 Å². The minimum atomic E-state index is 0.484. The third-order valence-corrected chi connectivity index (χ3v) is 3.99. The second-order valence-corrected chi connectivity index (χ2v) is 5.40. The monoisotopic (exact) mass is 217 g/mol. The Morgan fingerprint density at radius 3 is 2.69 bits per heavy atom. The van der Waals surface area contributed by atoms with E-state index in [9.17, 15) is 0 Å². The molecule has 3 atom stereocenters. The van der Waals surface area contributed by atoms with Crippen molar-refractivity contribution in [2.45, 2.75) is 32.1 Å². The number of rotatable bonds is 2. The molecule has 0 aliphatic carbocycles. The summed E-state index contributed by atoms with van der Waals surface area (Å²) in [5.41, 5.74) is 2.48.